The molecule has 0 spiro atoms. The molecule has 0 aliphatic carbocycles. The van der Waals surface area contributed by atoms with Crippen molar-refractivity contribution < 1.29 is 60.2 Å². The molecule has 0 fully saturated rings. The van der Waals surface area contributed by atoms with E-state index in [-0.39, 0.29) is 31.0 Å². The van der Waals surface area contributed by atoms with Gasteiger partial charge in [0, 0.05) is 0 Å². The van der Waals surface area contributed by atoms with E-state index in [1.807, 2.05) is 0 Å². The van der Waals surface area contributed by atoms with Crippen molar-refractivity contribution in [2.45, 2.75) is 198 Å². The number of hydrogen-bond donors (Lipinski definition) is 0. The van der Waals surface area contributed by atoms with E-state index in [2.05, 4.69) is 13.8 Å². The Balaban J connectivity index is 6.56. The van der Waals surface area contributed by atoms with E-state index < -0.39 is 114 Å². The Morgan fingerprint density at radius 2 is 0.569 bits per heavy atom. The molecule has 0 radical (unpaired) electrons. The summed E-state index contributed by atoms with van der Waals surface area (Å²) in [6.45, 7) is 4.11. The number of halogens is 12. The van der Waals surface area contributed by atoms with Crippen LogP contribution in [0.5, 0.6) is 0 Å². The summed E-state index contributed by atoms with van der Waals surface area (Å²) < 4.78 is 178. The van der Waals surface area contributed by atoms with E-state index in [1.165, 1.54) is 0 Å². The van der Waals surface area contributed by atoms with Crippen molar-refractivity contribution in [3.8, 4) is 0 Å². The molecular formula is C34H62F12O3Sn2. The van der Waals surface area contributed by atoms with Crippen LogP contribution in [0.1, 0.15) is 155 Å². The molecule has 0 aromatic rings. The van der Waals surface area contributed by atoms with Gasteiger partial charge in [-0.1, -0.05) is 0 Å². The van der Waals surface area contributed by atoms with Crippen molar-refractivity contribution in [2.24, 2.45) is 0 Å². The van der Waals surface area contributed by atoms with Crippen LogP contribution in [0, 0.1) is 0 Å². The SMILES string of the molecule is CCCCCCCCC[O][Sn]([CH2]CCC(F)(F)F)([CH2]CCC(F)(F)F)[O][Sn]([CH2]CCC(F)(F)F)([CH2]CCC(F)(F)F)[O]CCCCCCCCC. The van der Waals surface area contributed by atoms with E-state index in [0.29, 0.717) is 25.7 Å². The molecule has 0 aromatic carbocycles. The van der Waals surface area contributed by atoms with Gasteiger partial charge in [-0.2, -0.15) is 0 Å². The fraction of sp³-hybridized carbons (Fsp3) is 1.00. The first-order chi connectivity index (χ1) is 23.7. The first-order valence-corrected chi connectivity index (χ1v) is 31.6. The minimum absolute atomic E-state index is 0.00724. The molecule has 0 bridgehead atoms. The Labute approximate surface area is 308 Å². The zero-order valence-electron chi connectivity index (χ0n) is 30.6. The molecule has 0 amide bonds. The molecule has 3 nitrogen and oxygen atoms in total. The molecule has 0 unspecified atom stereocenters. The average molecular weight is 984 g/mol. The average Bonchev–Trinajstić information content (AvgIpc) is 2.97. The van der Waals surface area contributed by atoms with E-state index in [4.69, 9.17) is 7.56 Å². The van der Waals surface area contributed by atoms with Gasteiger partial charge in [-0.05, 0) is 0 Å². The Kier molecular flexibility index (Phi) is 27.6. The summed E-state index contributed by atoms with van der Waals surface area (Å²) in [4.78, 5) is 0. The normalized spacial score (nSPS) is 13.8. The van der Waals surface area contributed by atoms with E-state index in [0.717, 1.165) is 64.2 Å². The van der Waals surface area contributed by atoms with Gasteiger partial charge in [0.2, 0.25) is 0 Å². The van der Waals surface area contributed by atoms with Crippen molar-refractivity contribution in [3.05, 3.63) is 0 Å². The van der Waals surface area contributed by atoms with Gasteiger partial charge in [0.1, 0.15) is 0 Å². The third kappa shape index (κ3) is 32.6. The van der Waals surface area contributed by atoms with Crippen LogP contribution in [0.2, 0.25) is 17.7 Å². The zero-order valence-corrected chi connectivity index (χ0v) is 36.3. The number of alkyl halides is 12. The first kappa shape index (κ1) is 51.6. The van der Waals surface area contributed by atoms with E-state index >= 15 is 0 Å². The van der Waals surface area contributed by atoms with Crippen molar-refractivity contribution in [2.75, 3.05) is 13.2 Å². The fourth-order valence-corrected chi connectivity index (χ4v) is 46.7. The predicted molar refractivity (Wildman–Crippen MR) is 181 cm³/mol. The minimum atomic E-state index is -5.12. The van der Waals surface area contributed by atoms with E-state index in [1.54, 1.807) is 0 Å². The topological polar surface area (TPSA) is 27.7 Å². The van der Waals surface area contributed by atoms with Crippen LogP contribution in [-0.4, -0.2) is 76.3 Å². The summed E-state index contributed by atoms with van der Waals surface area (Å²) in [7, 11) is 0. The molecule has 0 rings (SSSR count). The van der Waals surface area contributed by atoms with Crippen LogP contribution in [-0.2, 0) is 7.56 Å². The summed E-state index contributed by atoms with van der Waals surface area (Å²) in [6, 6.07) is 0. The predicted octanol–water partition coefficient (Wildman–Crippen LogP) is 14.8. The van der Waals surface area contributed by atoms with Crippen LogP contribution in [0.3, 0.4) is 0 Å². The summed E-state index contributed by atoms with van der Waals surface area (Å²) in [5.74, 6) is 0. The molecule has 51 heavy (non-hydrogen) atoms. The van der Waals surface area contributed by atoms with Crippen LogP contribution in [0.25, 0.3) is 0 Å². The molecule has 17 heteroatoms. The third-order valence-corrected chi connectivity index (χ3v) is 41.9. The van der Waals surface area contributed by atoms with Gasteiger partial charge in [0.25, 0.3) is 0 Å². The summed E-state index contributed by atoms with van der Waals surface area (Å²) in [6.07, 6.45) is -13.4. The molecule has 0 saturated carbocycles. The quantitative estimate of drug-likeness (QED) is 0.0382. The maximum atomic E-state index is 13.3. The number of unbranched alkanes of at least 4 members (excludes halogenated alkanes) is 12. The van der Waals surface area contributed by atoms with Crippen molar-refractivity contribution in [3.63, 3.8) is 0 Å². The van der Waals surface area contributed by atoms with Gasteiger partial charge in [0.15, 0.2) is 0 Å². The van der Waals surface area contributed by atoms with Crippen LogP contribution in [0.4, 0.5) is 52.7 Å². The Morgan fingerprint density at radius 3 is 0.804 bits per heavy atom. The maximum absolute atomic E-state index is 13.3. The molecule has 0 aliphatic rings. The summed E-state index contributed by atoms with van der Waals surface area (Å²) in [5, 5.41) is 0. The number of rotatable bonds is 32. The summed E-state index contributed by atoms with van der Waals surface area (Å²) >= 11 is -10.2. The Bertz CT molecular complexity index is 731. The first-order valence-electron chi connectivity index (χ1n) is 18.9. The monoisotopic (exact) mass is 986 g/mol. The molecule has 0 atom stereocenters. The van der Waals surface area contributed by atoms with Crippen molar-refractivity contribution in [1.82, 2.24) is 0 Å². The molecule has 0 aliphatic heterocycles. The van der Waals surface area contributed by atoms with Gasteiger partial charge >= 0.3 is 309 Å². The van der Waals surface area contributed by atoms with Crippen LogP contribution in [0.15, 0.2) is 0 Å². The fourth-order valence-electron chi connectivity index (χ4n) is 6.01. The standard InChI is InChI=1S/2C9H19O.4C4H6F3.O.2Sn/c2*1-2-3-4-5-6-7-8-9-10;4*1-2-3-4(5,6)7;;;/h2*2-9H2,1H3;4*1-3H2;;;/q2*-1;;;;;;2*+1. The number of hydrogen-bond acceptors (Lipinski definition) is 3. The van der Waals surface area contributed by atoms with Crippen LogP contribution >= 0.6 is 0 Å². The van der Waals surface area contributed by atoms with Gasteiger partial charge in [-0.25, -0.2) is 0 Å². The van der Waals surface area contributed by atoms with Crippen LogP contribution < -0.4 is 0 Å². The molecule has 0 N–H and O–H groups in total. The van der Waals surface area contributed by atoms with Gasteiger partial charge in [-0.3, -0.25) is 0 Å². The Morgan fingerprint density at radius 1 is 0.333 bits per heavy atom. The molecule has 308 valence electrons. The van der Waals surface area contributed by atoms with Gasteiger partial charge in [0.05, 0.1) is 0 Å². The second-order valence-electron chi connectivity index (χ2n) is 13.7. The molecular weight excluding hydrogens is 922 g/mol. The van der Waals surface area contributed by atoms with Crippen molar-refractivity contribution in [1.29, 1.82) is 0 Å². The van der Waals surface area contributed by atoms with Gasteiger partial charge < -0.3 is 0 Å². The van der Waals surface area contributed by atoms with Gasteiger partial charge in [-0.15, -0.1) is 0 Å². The van der Waals surface area contributed by atoms with E-state index in [9.17, 15) is 52.7 Å². The Hall–Kier alpha value is 0.637. The molecule has 0 heterocycles. The second kappa shape index (κ2) is 27.3. The summed E-state index contributed by atoms with van der Waals surface area (Å²) in [5.41, 5.74) is 0. The zero-order chi connectivity index (χ0) is 38.9. The molecule has 0 saturated heterocycles. The molecule has 0 aromatic heterocycles. The second-order valence-corrected chi connectivity index (χ2v) is 36.0. The van der Waals surface area contributed by atoms with Crippen molar-refractivity contribution >= 4 is 38.4 Å². The third-order valence-electron chi connectivity index (χ3n) is 8.67.